The number of aliphatic hydroxyl groups excluding tert-OH is 2. The third-order valence-electron chi connectivity index (χ3n) is 2.42. The first kappa shape index (κ1) is 9.48. The highest BCUT2D eigenvalue weighted by Crippen LogP contribution is 2.21. The minimum Gasteiger partial charge on any atom is -0.396 e. The molecule has 1 aliphatic heterocycles. The van der Waals surface area contributed by atoms with Crippen LogP contribution in [0.5, 0.6) is 0 Å². The maximum absolute atomic E-state index is 10.9. The van der Waals surface area contributed by atoms with Gasteiger partial charge in [0, 0.05) is 31.6 Å². The van der Waals surface area contributed by atoms with E-state index in [1.54, 1.807) is 0 Å². The Bertz CT molecular complexity index is 172. The van der Waals surface area contributed by atoms with E-state index < -0.39 is 0 Å². The van der Waals surface area contributed by atoms with Crippen molar-refractivity contribution in [3.05, 3.63) is 0 Å². The zero-order valence-electron chi connectivity index (χ0n) is 7.16. The molecule has 12 heavy (non-hydrogen) atoms. The minimum absolute atomic E-state index is 0.00769. The van der Waals surface area contributed by atoms with Crippen molar-refractivity contribution in [3.63, 3.8) is 0 Å². The molecule has 0 saturated carbocycles. The Morgan fingerprint density at radius 3 is 2.83 bits per heavy atom. The first-order valence-electron chi connectivity index (χ1n) is 4.20. The second kappa shape index (κ2) is 3.87. The van der Waals surface area contributed by atoms with Gasteiger partial charge in [0.2, 0.25) is 5.91 Å². The summed E-state index contributed by atoms with van der Waals surface area (Å²) >= 11 is 0. The van der Waals surface area contributed by atoms with E-state index >= 15 is 0 Å². The van der Waals surface area contributed by atoms with E-state index in [0.29, 0.717) is 6.42 Å². The Labute approximate surface area is 71.6 Å². The molecule has 2 unspecified atom stereocenters. The molecule has 0 spiro atoms. The van der Waals surface area contributed by atoms with Crippen LogP contribution in [0, 0.1) is 11.8 Å². The molecule has 0 aromatic carbocycles. The fourth-order valence-electron chi connectivity index (χ4n) is 1.63. The summed E-state index contributed by atoms with van der Waals surface area (Å²) in [4.78, 5) is 10.9. The zero-order valence-corrected chi connectivity index (χ0v) is 7.16. The van der Waals surface area contributed by atoms with E-state index in [1.165, 1.54) is 0 Å². The minimum atomic E-state index is -0.0625. The van der Waals surface area contributed by atoms with E-state index in [0.717, 1.165) is 0 Å². The van der Waals surface area contributed by atoms with Crippen LogP contribution < -0.4 is 5.32 Å². The predicted octanol–water partition coefficient (Wildman–Crippen LogP) is -0.888. The number of hydrogen-bond acceptors (Lipinski definition) is 3. The normalized spacial score (nSPS) is 31.8. The third kappa shape index (κ3) is 1.76. The van der Waals surface area contributed by atoms with E-state index in [9.17, 15) is 4.79 Å². The van der Waals surface area contributed by atoms with Gasteiger partial charge < -0.3 is 15.5 Å². The molecule has 1 rings (SSSR count). The Hall–Kier alpha value is -0.610. The van der Waals surface area contributed by atoms with Crippen molar-refractivity contribution in [2.24, 2.45) is 11.8 Å². The molecule has 3 atom stereocenters. The molecule has 0 aliphatic carbocycles. The smallest absolute Gasteiger partial charge is 0.220 e. The largest absolute Gasteiger partial charge is 0.396 e. The Morgan fingerprint density at radius 1 is 1.67 bits per heavy atom. The monoisotopic (exact) mass is 173 g/mol. The number of amides is 1. The molecular weight excluding hydrogens is 158 g/mol. The highest BCUT2D eigenvalue weighted by atomic mass is 16.3. The molecule has 0 bridgehead atoms. The van der Waals surface area contributed by atoms with Gasteiger partial charge >= 0.3 is 0 Å². The topological polar surface area (TPSA) is 69.6 Å². The van der Waals surface area contributed by atoms with E-state index in [4.69, 9.17) is 10.2 Å². The van der Waals surface area contributed by atoms with Crippen molar-refractivity contribution in [1.82, 2.24) is 5.32 Å². The molecule has 1 aliphatic rings. The lowest BCUT2D eigenvalue weighted by atomic mass is 9.92. The zero-order chi connectivity index (χ0) is 9.14. The number of carbonyl (C=O) groups is 1. The van der Waals surface area contributed by atoms with Gasteiger partial charge in [-0.15, -0.1) is 0 Å². The van der Waals surface area contributed by atoms with Crippen LogP contribution in [-0.4, -0.2) is 35.4 Å². The van der Waals surface area contributed by atoms with Crippen molar-refractivity contribution in [2.75, 3.05) is 13.2 Å². The van der Waals surface area contributed by atoms with Gasteiger partial charge in [-0.25, -0.2) is 0 Å². The van der Waals surface area contributed by atoms with Crippen molar-refractivity contribution in [3.8, 4) is 0 Å². The summed E-state index contributed by atoms with van der Waals surface area (Å²) in [5.74, 6) is -0.0346. The number of rotatable bonds is 3. The van der Waals surface area contributed by atoms with Crippen molar-refractivity contribution < 1.29 is 15.0 Å². The fourth-order valence-corrected chi connectivity index (χ4v) is 1.63. The van der Waals surface area contributed by atoms with E-state index in [-0.39, 0.29) is 37.0 Å². The molecule has 0 aromatic rings. The molecule has 4 nitrogen and oxygen atoms in total. The maximum Gasteiger partial charge on any atom is 0.220 e. The SMILES string of the molecule is CC(CO)C1NC(=O)C[C@H]1CO. The first-order chi connectivity index (χ1) is 5.69. The van der Waals surface area contributed by atoms with Crippen LogP contribution in [0.1, 0.15) is 13.3 Å². The molecule has 3 N–H and O–H groups in total. The lowest BCUT2D eigenvalue weighted by Crippen LogP contribution is -2.37. The van der Waals surface area contributed by atoms with Gasteiger partial charge in [0.05, 0.1) is 0 Å². The average Bonchev–Trinajstić information content (AvgIpc) is 2.45. The van der Waals surface area contributed by atoms with Crippen molar-refractivity contribution >= 4 is 5.91 Å². The molecule has 0 radical (unpaired) electrons. The second-order valence-corrected chi connectivity index (χ2v) is 3.40. The van der Waals surface area contributed by atoms with Gasteiger partial charge in [-0.05, 0) is 5.92 Å². The van der Waals surface area contributed by atoms with Crippen LogP contribution in [0.25, 0.3) is 0 Å². The van der Waals surface area contributed by atoms with Crippen LogP contribution in [0.2, 0.25) is 0 Å². The van der Waals surface area contributed by atoms with Gasteiger partial charge in [0.1, 0.15) is 0 Å². The quantitative estimate of drug-likeness (QED) is 0.518. The van der Waals surface area contributed by atoms with Crippen molar-refractivity contribution in [2.45, 2.75) is 19.4 Å². The number of hydrogen-bond donors (Lipinski definition) is 3. The summed E-state index contributed by atoms with van der Waals surface area (Å²) < 4.78 is 0. The van der Waals surface area contributed by atoms with Crippen LogP contribution in [0.3, 0.4) is 0 Å². The second-order valence-electron chi connectivity index (χ2n) is 3.40. The Morgan fingerprint density at radius 2 is 2.33 bits per heavy atom. The summed E-state index contributed by atoms with van der Waals surface area (Å²) in [7, 11) is 0. The maximum atomic E-state index is 10.9. The fraction of sp³-hybridized carbons (Fsp3) is 0.875. The average molecular weight is 173 g/mol. The Balaban J connectivity index is 2.56. The number of nitrogens with one attached hydrogen (secondary N) is 1. The predicted molar refractivity (Wildman–Crippen MR) is 43.4 cm³/mol. The van der Waals surface area contributed by atoms with Gasteiger partial charge in [0.15, 0.2) is 0 Å². The van der Waals surface area contributed by atoms with Crippen LogP contribution in [-0.2, 0) is 4.79 Å². The standard InChI is InChI=1S/C8H15NO3/c1-5(3-10)8-6(4-11)2-7(12)9-8/h5-6,8,10-11H,2-4H2,1H3,(H,9,12)/t5?,6-,8?/m0/s1. The molecule has 70 valence electrons. The summed E-state index contributed by atoms with van der Waals surface area (Å²) in [6.07, 6.45) is 0.380. The van der Waals surface area contributed by atoms with Crippen LogP contribution in [0.4, 0.5) is 0 Å². The van der Waals surface area contributed by atoms with Gasteiger partial charge in [0.25, 0.3) is 0 Å². The van der Waals surface area contributed by atoms with Gasteiger partial charge in [-0.3, -0.25) is 4.79 Å². The highest BCUT2D eigenvalue weighted by molar-refractivity contribution is 5.79. The van der Waals surface area contributed by atoms with E-state index in [2.05, 4.69) is 5.32 Å². The Kier molecular flexibility index (Phi) is 3.05. The summed E-state index contributed by atoms with van der Waals surface area (Å²) in [6, 6.07) is -0.0625. The first-order valence-corrected chi connectivity index (χ1v) is 4.20. The lowest BCUT2D eigenvalue weighted by molar-refractivity contribution is -0.119. The van der Waals surface area contributed by atoms with Crippen LogP contribution in [0.15, 0.2) is 0 Å². The summed E-state index contributed by atoms with van der Waals surface area (Å²) in [6.45, 7) is 1.91. The highest BCUT2D eigenvalue weighted by Gasteiger charge is 2.34. The van der Waals surface area contributed by atoms with E-state index in [1.807, 2.05) is 6.92 Å². The summed E-state index contributed by atoms with van der Waals surface area (Å²) in [5, 5.41) is 20.5. The van der Waals surface area contributed by atoms with Gasteiger partial charge in [-0.2, -0.15) is 0 Å². The lowest BCUT2D eigenvalue weighted by Gasteiger charge is -2.21. The molecule has 1 fully saturated rings. The molecule has 1 amide bonds. The molecule has 4 heteroatoms. The molecule has 0 aromatic heterocycles. The van der Waals surface area contributed by atoms with Gasteiger partial charge in [-0.1, -0.05) is 6.92 Å². The number of carbonyl (C=O) groups excluding carboxylic acids is 1. The molecule has 1 heterocycles. The van der Waals surface area contributed by atoms with Crippen LogP contribution >= 0.6 is 0 Å². The van der Waals surface area contributed by atoms with Crippen molar-refractivity contribution in [1.29, 1.82) is 0 Å². The third-order valence-corrected chi connectivity index (χ3v) is 2.42. The molecule has 1 saturated heterocycles. The molecular formula is C8H15NO3. The summed E-state index contributed by atoms with van der Waals surface area (Å²) in [5.41, 5.74) is 0. The number of aliphatic hydroxyl groups is 2.